The van der Waals surface area contributed by atoms with E-state index in [-0.39, 0.29) is 6.54 Å². The van der Waals surface area contributed by atoms with Crippen LogP contribution in [0.15, 0.2) is 5.51 Å². The normalized spacial score (nSPS) is 12.4. The zero-order chi connectivity index (χ0) is 11.5. The van der Waals surface area contributed by atoms with Crippen LogP contribution in [0.3, 0.4) is 0 Å². The van der Waals surface area contributed by atoms with Crippen LogP contribution in [0.2, 0.25) is 0 Å². The summed E-state index contributed by atoms with van der Waals surface area (Å²) in [6.07, 6.45) is -3.63. The number of aryl methyl sites for hydroxylation is 1. The Bertz CT molecular complexity index is 313. The first-order valence-corrected chi connectivity index (χ1v) is 5.07. The molecule has 0 aromatic carbocycles. The van der Waals surface area contributed by atoms with E-state index in [0.29, 0.717) is 0 Å². The fourth-order valence-electron chi connectivity index (χ4n) is 0.916. The summed E-state index contributed by atoms with van der Waals surface area (Å²) in [7, 11) is 0. The lowest BCUT2D eigenvalue weighted by atomic mass is 10.3. The molecule has 0 saturated carbocycles. The van der Waals surface area contributed by atoms with Gasteiger partial charge < -0.3 is 5.32 Å². The van der Waals surface area contributed by atoms with Crippen LogP contribution in [0.5, 0.6) is 0 Å². The second kappa shape index (κ2) is 4.89. The molecule has 0 saturated heterocycles. The van der Waals surface area contributed by atoms with Crippen molar-refractivity contribution in [2.75, 3.05) is 6.54 Å². The number of rotatable bonds is 5. The topological polar surface area (TPSA) is 24.9 Å². The highest BCUT2D eigenvalue weighted by Crippen LogP contribution is 2.21. The lowest BCUT2D eigenvalue weighted by Crippen LogP contribution is -2.38. The van der Waals surface area contributed by atoms with Crippen molar-refractivity contribution in [1.29, 1.82) is 0 Å². The molecular formula is C8H10F4N2S. The molecular weight excluding hydrogens is 232 g/mol. The van der Waals surface area contributed by atoms with E-state index in [4.69, 9.17) is 0 Å². The number of thiazole rings is 1. The van der Waals surface area contributed by atoms with Gasteiger partial charge in [0, 0.05) is 11.4 Å². The molecule has 0 amide bonds. The second-order valence-corrected chi connectivity index (χ2v) is 3.97. The summed E-state index contributed by atoms with van der Waals surface area (Å²) in [6.45, 7) is 0.847. The van der Waals surface area contributed by atoms with Crippen molar-refractivity contribution in [3.63, 3.8) is 0 Å². The molecule has 1 aromatic heterocycles. The molecule has 0 fully saturated rings. The minimum atomic E-state index is -3.97. The molecule has 1 aromatic rings. The third kappa shape index (κ3) is 3.42. The van der Waals surface area contributed by atoms with Crippen LogP contribution in [0, 0.1) is 6.92 Å². The first kappa shape index (κ1) is 12.4. The number of nitrogens with zero attached hydrogens (tertiary/aromatic N) is 1. The number of nitrogens with one attached hydrogen (secondary N) is 1. The number of halogens is 4. The van der Waals surface area contributed by atoms with Gasteiger partial charge in [0.25, 0.3) is 0 Å². The van der Waals surface area contributed by atoms with Crippen LogP contribution >= 0.6 is 11.3 Å². The van der Waals surface area contributed by atoms with Crippen LogP contribution in [-0.4, -0.2) is 23.9 Å². The SMILES string of the molecule is Cc1ncsc1CNCC(F)(F)C(F)F. The van der Waals surface area contributed by atoms with Crippen molar-refractivity contribution in [3.05, 3.63) is 16.1 Å². The zero-order valence-corrected chi connectivity index (χ0v) is 8.75. The standard InChI is InChI=1S/C8H10F4N2S/c1-5-6(15-4-14-5)2-13-3-8(11,12)7(9)10/h4,7,13H,2-3H2,1H3. The van der Waals surface area contributed by atoms with Gasteiger partial charge in [0.1, 0.15) is 0 Å². The Hall–Kier alpha value is -0.690. The Morgan fingerprint density at radius 3 is 2.67 bits per heavy atom. The molecule has 2 nitrogen and oxygen atoms in total. The number of alkyl halides is 4. The van der Waals surface area contributed by atoms with Gasteiger partial charge >= 0.3 is 12.3 Å². The van der Waals surface area contributed by atoms with Crippen LogP contribution in [0.25, 0.3) is 0 Å². The van der Waals surface area contributed by atoms with E-state index in [1.165, 1.54) is 11.3 Å². The Morgan fingerprint density at radius 2 is 2.20 bits per heavy atom. The maximum absolute atomic E-state index is 12.5. The van der Waals surface area contributed by atoms with Gasteiger partial charge in [-0.15, -0.1) is 11.3 Å². The van der Waals surface area contributed by atoms with Crippen LogP contribution in [-0.2, 0) is 6.54 Å². The molecule has 1 heterocycles. The van der Waals surface area contributed by atoms with Gasteiger partial charge in [0.05, 0.1) is 17.7 Å². The van der Waals surface area contributed by atoms with Crippen LogP contribution in [0.4, 0.5) is 17.6 Å². The smallest absolute Gasteiger partial charge is 0.306 e. The largest absolute Gasteiger partial charge is 0.319 e. The molecule has 86 valence electrons. The van der Waals surface area contributed by atoms with E-state index in [1.54, 1.807) is 12.4 Å². The summed E-state index contributed by atoms with van der Waals surface area (Å²) < 4.78 is 48.4. The summed E-state index contributed by atoms with van der Waals surface area (Å²) in [4.78, 5) is 4.69. The molecule has 1 N–H and O–H groups in total. The van der Waals surface area contributed by atoms with Crippen molar-refractivity contribution in [3.8, 4) is 0 Å². The molecule has 0 spiro atoms. The van der Waals surface area contributed by atoms with E-state index < -0.39 is 18.9 Å². The van der Waals surface area contributed by atoms with Gasteiger partial charge in [-0.25, -0.2) is 13.8 Å². The predicted octanol–water partition coefficient (Wildman–Crippen LogP) is 2.44. The van der Waals surface area contributed by atoms with Crippen molar-refractivity contribution in [2.45, 2.75) is 25.8 Å². The Kier molecular flexibility index (Phi) is 4.04. The fraction of sp³-hybridized carbons (Fsp3) is 0.625. The molecule has 0 aliphatic carbocycles. The zero-order valence-electron chi connectivity index (χ0n) is 7.94. The first-order valence-electron chi connectivity index (χ1n) is 4.19. The molecule has 15 heavy (non-hydrogen) atoms. The quantitative estimate of drug-likeness (QED) is 0.802. The predicted molar refractivity (Wildman–Crippen MR) is 49.5 cm³/mol. The fourth-order valence-corrected chi connectivity index (χ4v) is 1.66. The Morgan fingerprint density at radius 1 is 1.53 bits per heavy atom. The van der Waals surface area contributed by atoms with E-state index in [1.807, 2.05) is 0 Å². The minimum absolute atomic E-state index is 0.138. The first-order chi connectivity index (χ1) is 6.93. The molecule has 0 aliphatic rings. The number of aromatic nitrogens is 1. The van der Waals surface area contributed by atoms with Gasteiger partial charge in [0.2, 0.25) is 0 Å². The van der Waals surface area contributed by atoms with E-state index >= 15 is 0 Å². The van der Waals surface area contributed by atoms with E-state index in [9.17, 15) is 17.6 Å². The van der Waals surface area contributed by atoms with Crippen molar-refractivity contribution in [1.82, 2.24) is 10.3 Å². The van der Waals surface area contributed by atoms with Crippen molar-refractivity contribution in [2.24, 2.45) is 0 Å². The summed E-state index contributed by atoms with van der Waals surface area (Å²) >= 11 is 1.30. The summed E-state index contributed by atoms with van der Waals surface area (Å²) in [5.74, 6) is -3.97. The summed E-state index contributed by atoms with van der Waals surface area (Å²) in [6, 6.07) is 0. The summed E-state index contributed by atoms with van der Waals surface area (Å²) in [5, 5.41) is 2.29. The molecule has 7 heteroatoms. The average Bonchev–Trinajstić information content (AvgIpc) is 2.51. The van der Waals surface area contributed by atoms with Gasteiger partial charge in [-0.3, -0.25) is 0 Å². The highest BCUT2D eigenvalue weighted by Gasteiger charge is 2.39. The third-order valence-electron chi connectivity index (χ3n) is 1.81. The maximum Gasteiger partial charge on any atom is 0.319 e. The van der Waals surface area contributed by atoms with E-state index in [0.717, 1.165) is 10.6 Å². The molecule has 0 aliphatic heterocycles. The molecule has 0 bridgehead atoms. The van der Waals surface area contributed by atoms with Gasteiger partial charge in [-0.2, -0.15) is 8.78 Å². The monoisotopic (exact) mass is 242 g/mol. The Labute approximate surface area is 88.3 Å². The van der Waals surface area contributed by atoms with Gasteiger partial charge in [-0.05, 0) is 6.92 Å². The van der Waals surface area contributed by atoms with Crippen LogP contribution < -0.4 is 5.32 Å². The Balaban J connectivity index is 2.37. The molecule has 0 radical (unpaired) electrons. The molecule has 0 unspecified atom stereocenters. The third-order valence-corrected chi connectivity index (χ3v) is 2.75. The molecule has 0 atom stereocenters. The van der Waals surface area contributed by atoms with E-state index in [2.05, 4.69) is 10.3 Å². The maximum atomic E-state index is 12.5. The molecule has 1 rings (SSSR count). The van der Waals surface area contributed by atoms with Crippen molar-refractivity contribution >= 4 is 11.3 Å². The number of hydrogen-bond acceptors (Lipinski definition) is 3. The number of hydrogen-bond donors (Lipinski definition) is 1. The van der Waals surface area contributed by atoms with Gasteiger partial charge in [0.15, 0.2) is 0 Å². The average molecular weight is 242 g/mol. The van der Waals surface area contributed by atoms with Gasteiger partial charge in [-0.1, -0.05) is 0 Å². The van der Waals surface area contributed by atoms with Crippen molar-refractivity contribution < 1.29 is 17.6 Å². The highest BCUT2D eigenvalue weighted by atomic mass is 32.1. The lowest BCUT2D eigenvalue weighted by Gasteiger charge is -2.15. The van der Waals surface area contributed by atoms with Crippen LogP contribution in [0.1, 0.15) is 10.6 Å². The second-order valence-electron chi connectivity index (χ2n) is 3.03. The lowest BCUT2D eigenvalue weighted by molar-refractivity contribution is -0.125. The highest BCUT2D eigenvalue weighted by molar-refractivity contribution is 7.09. The summed E-state index contributed by atoms with van der Waals surface area (Å²) in [5.41, 5.74) is 2.31. The minimum Gasteiger partial charge on any atom is -0.306 e.